The van der Waals surface area contributed by atoms with Crippen molar-refractivity contribution in [2.75, 3.05) is 13.1 Å². The molecule has 4 nitrogen and oxygen atoms in total. The number of hydrogen-bond acceptors (Lipinski definition) is 4. The highest BCUT2D eigenvalue weighted by Gasteiger charge is 2.17. The molecule has 1 saturated heterocycles. The number of rotatable bonds is 2. The molecule has 0 aliphatic carbocycles. The molecule has 2 heterocycles. The minimum Gasteiger partial charge on any atom is -0.327 e. The molecule has 2 aromatic rings. The first kappa shape index (κ1) is 13.5. The van der Waals surface area contributed by atoms with Crippen molar-refractivity contribution in [2.45, 2.75) is 38.8 Å². The Balaban J connectivity index is 1.84. The van der Waals surface area contributed by atoms with Crippen LogP contribution in [-0.4, -0.2) is 34.0 Å². The van der Waals surface area contributed by atoms with Gasteiger partial charge in [0.2, 0.25) is 0 Å². The topological polar surface area (TPSA) is 55.0 Å². The summed E-state index contributed by atoms with van der Waals surface area (Å²) in [4.78, 5) is 11.9. The summed E-state index contributed by atoms with van der Waals surface area (Å²) < 4.78 is 0. The molecule has 20 heavy (non-hydrogen) atoms. The zero-order valence-electron chi connectivity index (χ0n) is 12.0. The number of likely N-dealkylation sites (tertiary alicyclic amines) is 1. The maximum atomic E-state index is 6.13. The van der Waals surface area contributed by atoms with E-state index < -0.39 is 0 Å². The Labute approximate surface area is 120 Å². The summed E-state index contributed by atoms with van der Waals surface area (Å²) in [5.74, 6) is 0. The number of para-hydroxylation sites is 2. The van der Waals surface area contributed by atoms with Crippen LogP contribution in [0.5, 0.6) is 0 Å². The van der Waals surface area contributed by atoms with E-state index >= 15 is 0 Å². The molecule has 1 unspecified atom stereocenters. The molecule has 4 heteroatoms. The summed E-state index contributed by atoms with van der Waals surface area (Å²) in [5, 5.41) is 0. The van der Waals surface area contributed by atoms with Gasteiger partial charge in [-0.3, -0.25) is 4.90 Å². The molecule has 3 rings (SSSR count). The van der Waals surface area contributed by atoms with E-state index in [0.717, 1.165) is 48.5 Å². The molecule has 1 aromatic carbocycles. The summed E-state index contributed by atoms with van der Waals surface area (Å²) in [6.45, 7) is 4.99. The van der Waals surface area contributed by atoms with Gasteiger partial charge in [-0.2, -0.15) is 0 Å². The fraction of sp³-hybridized carbons (Fsp3) is 0.500. The van der Waals surface area contributed by atoms with Gasteiger partial charge in [-0.1, -0.05) is 18.6 Å². The molecule has 2 N–H and O–H groups in total. The van der Waals surface area contributed by atoms with E-state index in [1.54, 1.807) is 0 Å². The molecule has 1 fully saturated rings. The highest BCUT2D eigenvalue weighted by molar-refractivity contribution is 5.74. The molecule has 1 aromatic heterocycles. The maximum absolute atomic E-state index is 6.13. The first-order valence-electron chi connectivity index (χ1n) is 7.42. The van der Waals surface area contributed by atoms with Gasteiger partial charge in [-0.25, -0.2) is 9.97 Å². The fourth-order valence-electron chi connectivity index (χ4n) is 2.89. The van der Waals surface area contributed by atoms with E-state index in [1.165, 1.54) is 12.8 Å². The summed E-state index contributed by atoms with van der Waals surface area (Å²) in [7, 11) is 0. The summed E-state index contributed by atoms with van der Waals surface area (Å²) in [6.07, 6.45) is 3.60. The fourth-order valence-corrected chi connectivity index (χ4v) is 2.89. The summed E-state index contributed by atoms with van der Waals surface area (Å²) >= 11 is 0. The lowest BCUT2D eigenvalue weighted by molar-refractivity contribution is 0.261. The van der Waals surface area contributed by atoms with Crippen molar-refractivity contribution in [1.29, 1.82) is 0 Å². The number of nitrogens with two attached hydrogens (primary N) is 1. The molecule has 0 saturated carbocycles. The molecule has 106 valence electrons. The van der Waals surface area contributed by atoms with E-state index in [9.17, 15) is 0 Å². The smallest absolute Gasteiger partial charge is 0.0890 e. The van der Waals surface area contributed by atoms with Crippen LogP contribution in [0.15, 0.2) is 24.3 Å². The Bertz CT molecular complexity index is 596. The van der Waals surface area contributed by atoms with Gasteiger partial charge in [0.15, 0.2) is 0 Å². The van der Waals surface area contributed by atoms with E-state index in [0.29, 0.717) is 6.04 Å². The van der Waals surface area contributed by atoms with Crippen molar-refractivity contribution < 1.29 is 0 Å². The van der Waals surface area contributed by atoms with Crippen molar-refractivity contribution in [2.24, 2.45) is 5.73 Å². The van der Waals surface area contributed by atoms with Gasteiger partial charge in [0.25, 0.3) is 0 Å². The summed E-state index contributed by atoms with van der Waals surface area (Å²) in [6, 6.07) is 8.36. The van der Waals surface area contributed by atoms with Crippen molar-refractivity contribution in [3.8, 4) is 0 Å². The molecule has 1 aliphatic heterocycles. The molecule has 0 spiro atoms. The minimum absolute atomic E-state index is 0.297. The largest absolute Gasteiger partial charge is 0.327 e. The second kappa shape index (κ2) is 5.85. The monoisotopic (exact) mass is 270 g/mol. The normalized spacial score (nSPS) is 21.0. The average molecular weight is 270 g/mol. The Hall–Kier alpha value is -1.52. The Morgan fingerprint density at radius 2 is 1.95 bits per heavy atom. The number of nitrogens with zero attached hydrogens (tertiary/aromatic N) is 3. The van der Waals surface area contributed by atoms with Crippen LogP contribution in [0.25, 0.3) is 11.0 Å². The second-order valence-electron chi connectivity index (χ2n) is 5.74. The molecule has 0 bridgehead atoms. The molecule has 0 radical (unpaired) electrons. The van der Waals surface area contributed by atoms with Crippen LogP contribution >= 0.6 is 0 Å². The van der Waals surface area contributed by atoms with Gasteiger partial charge < -0.3 is 5.73 Å². The second-order valence-corrected chi connectivity index (χ2v) is 5.74. The zero-order chi connectivity index (χ0) is 13.9. The third-order valence-electron chi connectivity index (χ3n) is 4.01. The molecule has 1 aliphatic rings. The quantitative estimate of drug-likeness (QED) is 0.909. The van der Waals surface area contributed by atoms with E-state index in [2.05, 4.69) is 9.88 Å². The van der Waals surface area contributed by atoms with Crippen LogP contribution in [-0.2, 0) is 6.54 Å². The molecular weight excluding hydrogens is 248 g/mol. The molecule has 1 atom stereocenters. The lowest BCUT2D eigenvalue weighted by atomic mass is 10.2. The van der Waals surface area contributed by atoms with Crippen LogP contribution < -0.4 is 5.73 Å². The number of aryl methyl sites for hydroxylation is 1. The highest BCUT2D eigenvalue weighted by atomic mass is 15.1. The van der Waals surface area contributed by atoms with E-state index in [1.807, 2.05) is 31.2 Å². The van der Waals surface area contributed by atoms with Crippen LogP contribution in [0, 0.1) is 6.92 Å². The predicted octanol–water partition coefficient (Wildman–Crippen LogP) is 2.25. The number of benzene rings is 1. The highest BCUT2D eigenvalue weighted by Crippen LogP contribution is 2.16. The Kier molecular flexibility index (Phi) is 3.94. The maximum Gasteiger partial charge on any atom is 0.0890 e. The lowest BCUT2D eigenvalue weighted by Gasteiger charge is -2.22. The average Bonchev–Trinajstić information content (AvgIpc) is 2.64. The molecular formula is C16H22N4. The van der Waals surface area contributed by atoms with Crippen molar-refractivity contribution in [1.82, 2.24) is 14.9 Å². The third-order valence-corrected chi connectivity index (χ3v) is 4.01. The van der Waals surface area contributed by atoms with Crippen LogP contribution in [0.3, 0.4) is 0 Å². The minimum atomic E-state index is 0.297. The summed E-state index contributed by atoms with van der Waals surface area (Å²) in [5.41, 5.74) is 10.2. The first-order valence-corrected chi connectivity index (χ1v) is 7.42. The predicted molar refractivity (Wildman–Crippen MR) is 81.4 cm³/mol. The number of hydrogen-bond donors (Lipinski definition) is 1. The zero-order valence-corrected chi connectivity index (χ0v) is 12.0. The standard InChI is InChI=1S/C16H22N4/c1-12-16(11-20-9-5-4-6-13(17)10-20)19-15-8-3-2-7-14(15)18-12/h2-3,7-8,13H,4-6,9-11,17H2,1H3. The third kappa shape index (κ3) is 2.97. The van der Waals surface area contributed by atoms with Gasteiger partial charge in [0.1, 0.15) is 0 Å². The van der Waals surface area contributed by atoms with Gasteiger partial charge in [-0.05, 0) is 38.4 Å². The first-order chi connectivity index (χ1) is 9.72. The van der Waals surface area contributed by atoms with Gasteiger partial charge in [0, 0.05) is 19.1 Å². The Morgan fingerprint density at radius 1 is 1.20 bits per heavy atom. The number of fused-ring (bicyclic) bond motifs is 1. The van der Waals surface area contributed by atoms with Crippen molar-refractivity contribution in [3.05, 3.63) is 35.7 Å². The Morgan fingerprint density at radius 3 is 2.75 bits per heavy atom. The lowest BCUT2D eigenvalue weighted by Crippen LogP contribution is -2.35. The van der Waals surface area contributed by atoms with Gasteiger partial charge in [-0.15, -0.1) is 0 Å². The van der Waals surface area contributed by atoms with Crippen LogP contribution in [0.4, 0.5) is 0 Å². The van der Waals surface area contributed by atoms with E-state index in [-0.39, 0.29) is 0 Å². The SMILES string of the molecule is Cc1nc2ccccc2nc1CN1CCCCC(N)C1. The van der Waals surface area contributed by atoms with Crippen molar-refractivity contribution in [3.63, 3.8) is 0 Å². The molecule has 0 amide bonds. The van der Waals surface area contributed by atoms with Gasteiger partial charge in [0.05, 0.1) is 22.4 Å². The van der Waals surface area contributed by atoms with E-state index in [4.69, 9.17) is 10.7 Å². The van der Waals surface area contributed by atoms with Crippen LogP contribution in [0.2, 0.25) is 0 Å². The van der Waals surface area contributed by atoms with Crippen molar-refractivity contribution >= 4 is 11.0 Å². The number of aromatic nitrogens is 2. The van der Waals surface area contributed by atoms with Gasteiger partial charge >= 0.3 is 0 Å². The van der Waals surface area contributed by atoms with Crippen LogP contribution in [0.1, 0.15) is 30.7 Å².